The predicted octanol–water partition coefficient (Wildman–Crippen LogP) is 4.55. The third-order valence-electron chi connectivity index (χ3n) is 4.39. The summed E-state index contributed by atoms with van der Waals surface area (Å²) in [6, 6.07) is 13.9. The quantitative estimate of drug-likeness (QED) is 0.349. The SMILES string of the molecule is O=C(C#Cc1ccccc1Cl)c1nnn(Cc2ccc(F)c(F)c2)c1-c1cccnc1. The molecule has 0 saturated heterocycles. The molecule has 0 unspecified atom stereocenters. The topological polar surface area (TPSA) is 60.7 Å². The maximum atomic E-state index is 13.6. The lowest BCUT2D eigenvalue weighted by atomic mass is 10.1. The van der Waals surface area contributed by atoms with Crippen molar-refractivity contribution in [3.8, 4) is 23.1 Å². The van der Waals surface area contributed by atoms with Crippen LogP contribution in [0.25, 0.3) is 11.3 Å². The highest BCUT2D eigenvalue weighted by Crippen LogP contribution is 2.23. The Labute approximate surface area is 181 Å². The molecule has 0 radical (unpaired) electrons. The van der Waals surface area contributed by atoms with Crippen molar-refractivity contribution in [2.24, 2.45) is 0 Å². The summed E-state index contributed by atoms with van der Waals surface area (Å²) < 4.78 is 28.3. The molecule has 0 bridgehead atoms. The Morgan fingerprint density at radius 2 is 1.90 bits per heavy atom. The summed E-state index contributed by atoms with van der Waals surface area (Å²) in [6.45, 7) is 0.0691. The molecule has 0 atom stereocenters. The first-order chi connectivity index (χ1) is 15.0. The lowest BCUT2D eigenvalue weighted by Gasteiger charge is -2.08. The molecule has 0 aliphatic carbocycles. The third kappa shape index (κ3) is 4.49. The summed E-state index contributed by atoms with van der Waals surface area (Å²) in [5.41, 5.74) is 1.94. The Morgan fingerprint density at radius 3 is 2.65 bits per heavy atom. The summed E-state index contributed by atoms with van der Waals surface area (Å²) >= 11 is 6.09. The highest BCUT2D eigenvalue weighted by molar-refractivity contribution is 6.31. The summed E-state index contributed by atoms with van der Waals surface area (Å²) in [4.78, 5) is 16.9. The summed E-state index contributed by atoms with van der Waals surface area (Å²) in [5, 5.41) is 8.47. The van der Waals surface area contributed by atoms with E-state index in [1.165, 1.54) is 10.7 Å². The molecule has 0 aliphatic heterocycles. The average Bonchev–Trinajstić information content (AvgIpc) is 3.20. The summed E-state index contributed by atoms with van der Waals surface area (Å²) in [7, 11) is 0. The van der Waals surface area contributed by atoms with Crippen molar-refractivity contribution in [2.75, 3.05) is 0 Å². The number of Topliss-reactive ketones (excluding diaryl/α,β-unsaturated/α-hetero) is 1. The van der Waals surface area contributed by atoms with E-state index in [4.69, 9.17) is 11.6 Å². The van der Waals surface area contributed by atoms with Crippen LogP contribution in [0.5, 0.6) is 0 Å². The van der Waals surface area contributed by atoms with Crippen molar-refractivity contribution in [3.63, 3.8) is 0 Å². The number of rotatable bonds is 4. The van der Waals surface area contributed by atoms with Crippen LogP contribution >= 0.6 is 11.6 Å². The maximum Gasteiger partial charge on any atom is 0.258 e. The van der Waals surface area contributed by atoms with Gasteiger partial charge in [0.05, 0.1) is 11.6 Å². The van der Waals surface area contributed by atoms with E-state index in [1.807, 2.05) is 0 Å². The second-order valence-electron chi connectivity index (χ2n) is 6.49. The number of aromatic nitrogens is 4. The summed E-state index contributed by atoms with van der Waals surface area (Å²) in [5.74, 6) is 2.81. The minimum atomic E-state index is -0.970. The van der Waals surface area contributed by atoms with Crippen LogP contribution in [0.1, 0.15) is 21.6 Å². The van der Waals surface area contributed by atoms with Gasteiger partial charge in [0, 0.05) is 23.5 Å². The first kappa shape index (κ1) is 20.4. The lowest BCUT2D eigenvalue weighted by molar-refractivity contribution is 0.105. The van der Waals surface area contributed by atoms with Crippen molar-refractivity contribution in [1.82, 2.24) is 20.0 Å². The van der Waals surface area contributed by atoms with E-state index < -0.39 is 17.4 Å². The number of hydrogen-bond donors (Lipinski definition) is 0. The van der Waals surface area contributed by atoms with E-state index >= 15 is 0 Å². The minimum Gasteiger partial charge on any atom is -0.277 e. The monoisotopic (exact) mass is 434 g/mol. The number of carbonyl (C=O) groups is 1. The minimum absolute atomic E-state index is 0.0233. The number of benzene rings is 2. The standard InChI is InChI=1S/C23H13ClF2N4O/c24-18-6-2-1-4-16(18)8-10-21(31)22-23(17-5-3-11-27-13-17)30(29-28-22)14-15-7-9-19(25)20(26)12-15/h1-7,9,11-13H,14H2. The normalized spacial score (nSPS) is 10.4. The van der Waals surface area contributed by atoms with Gasteiger partial charge in [-0.3, -0.25) is 9.78 Å². The van der Waals surface area contributed by atoms with Gasteiger partial charge in [-0.05, 0) is 47.9 Å². The second kappa shape index (κ2) is 8.86. The molecule has 0 N–H and O–H groups in total. The summed E-state index contributed by atoms with van der Waals surface area (Å²) in [6.07, 6.45) is 3.14. The van der Waals surface area contributed by atoms with Crippen LogP contribution in [-0.2, 0) is 6.54 Å². The zero-order chi connectivity index (χ0) is 21.8. The van der Waals surface area contributed by atoms with E-state index in [2.05, 4.69) is 27.1 Å². The molecule has 0 aliphatic rings. The molecule has 5 nitrogen and oxygen atoms in total. The molecule has 0 amide bonds. The third-order valence-corrected chi connectivity index (χ3v) is 4.72. The van der Waals surface area contributed by atoms with Crippen molar-refractivity contribution >= 4 is 17.4 Å². The maximum absolute atomic E-state index is 13.6. The number of pyridine rings is 1. The molecule has 2 aromatic heterocycles. The van der Waals surface area contributed by atoms with Crippen LogP contribution in [0, 0.1) is 23.5 Å². The molecule has 2 aromatic carbocycles. The smallest absolute Gasteiger partial charge is 0.258 e. The van der Waals surface area contributed by atoms with Gasteiger partial charge in [0.15, 0.2) is 17.3 Å². The van der Waals surface area contributed by atoms with Crippen molar-refractivity contribution in [2.45, 2.75) is 6.54 Å². The van der Waals surface area contributed by atoms with Crippen LogP contribution in [0.15, 0.2) is 67.0 Å². The molecule has 31 heavy (non-hydrogen) atoms. The van der Waals surface area contributed by atoms with E-state index in [0.717, 1.165) is 12.1 Å². The van der Waals surface area contributed by atoms with Gasteiger partial charge in [0.1, 0.15) is 5.69 Å². The van der Waals surface area contributed by atoms with Crippen LogP contribution in [-0.4, -0.2) is 25.8 Å². The van der Waals surface area contributed by atoms with Gasteiger partial charge in [-0.25, -0.2) is 13.5 Å². The molecule has 152 valence electrons. The van der Waals surface area contributed by atoms with E-state index in [0.29, 0.717) is 27.4 Å². The van der Waals surface area contributed by atoms with Gasteiger partial charge in [-0.15, -0.1) is 5.10 Å². The molecule has 2 heterocycles. The van der Waals surface area contributed by atoms with Gasteiger partial charge in [0.2, 0.25) is 0 Å². The highest BCUT2D eigenvalue weighted by Gasteiger charge is 2.21. The van der Waals surface area contributed by atoms with Gasteiger partial charge in [-0.2, -0.15) is 0 Å². The Bertz CT molecular complexity index is 1330. The Morgan fingerprint density at radius 1 is 1.06 bits per heavy atom. The molecule has 0 saturated carbocycles. The van der Waals surface area contributed by atoms with E-state index in [9.17, 15) is 13.6 Å². The predicted molar refractivity (Wildman–Crippen MR) is 111 cm³/mol. The van der Waals surface area contributed by atoms with Gasteiger partial charge < -0.3 is 0 Å². The molecule has 4 rings (SSSR count). The Kier molecular flexibility index (Phi) is 5.83. The zero-order valence-corrected chi connectivity index (χ0v) is 16.6. The van der Waals surface area contributed by atoms with Gasteiger partial charge in [-0.1, -0.05) is 40.9 Å². The second-order valence-corrected chi connectivity index (χ2v) is 6.90. The molecular formula is C23H13ClF2N4O. The largest absolute Gasteiger partial charge is 0.277 e. The number of ketones is 1. The van der Waals surface area contributed by atoms with Gasteiger partial charge in [0.25, 0.3) is 5.78 Å². The van der Waals surface area contributed by atoms with Crippen LogP contribution in [0.3, 0.4) is 0 Å². The van der Waals surface area contributed by atoms with Gasteiger partial charge >= 0.3 is 0 Å². The number of carbonyl (C=O) groups excluding carboxylic acids is 1. The van der Waals surface area contributed by atoms with Crippen molar-refractivity contribution in [1.29, 1.82) is 0 Å². The molecule has 8 heteroatoms. The molecule has 4 aromatic rings. The fourth-order valence-electron chi connectivity index (χ4n) is 2.92. The lowest BCUT2D eigenvalue weighted by Crippen LogP contribution is -2.06. The molecule has 0 fully saturated rings. The first-order valence-electron chi connectivity index (χ1n) is 9.11. The van der Waals surface area contributed by atoms with Crippen LogP contribution in [0.4, 0.5) is 8.78 Å². The fourth-order valence-corrected chi connectivity index (χ4v) is 3.11. The average molecular weight is 435 g/mol. The Hall–Kier alpha value is -3.89. The molecular weight excluding hydrogens is 422 g/mol. The highest BCUT2D eigenvalue weighted by atomic mass is 35.5. The van der Waals surface area contributed by atoms with Crippen LogP contribution in [0.2, 0.25) is 5.02 Å². The first-order valence-corrected chi connectivity index (χ1v) is 9.49. The Balaban J connectivity index is 1.74. The molecule has 0 spiro atoms. The van der Waals surface area contributed by atoms with Crippen molar-refractivity contribution < 1.29 is 13.6 Å². The number of hydrogen-bond acceptors (Lipinski definition) is 4. The van der Waals surface area contributed by atoms with E-state index in [-0.39, 0.29) is 12.2 Å². The van der Waals surface area contributed by atoms with Crippen LogP contribution < -0.4 is 0 Å². The number of nitrogens with zero attached hydrogens (tertiary/aromatic N) is 4. The fraction of sp³-hybridized carbons (Fsp3) is 0.0435. The van der Waals surface area contributed by atoms with E-state index in [1.54, 1.807) is 48.8 Å². The van der Waals surface area contributed by atoms with Crippen molar-refractivity contribution in [3.05, 3.63) is 100 Å². The zero-order valence-electron chi connectivity index (χ0n) is 15.9. The number of halogens is 3.